The minimum Gasteiger partial charge on any atom is -0.384 e. The highest BCUT2D eigenvalue weighted by Gasteiger charge is 2.26. The zero-order valence-corrected chi connectivity index (χ0v) is 14.6. The van der Waals surface area contributed by atoms with Crippen LogP contribution in [0.3, 0.4) is 0 Å². The summed E-state index contributed by atoms with van der Waals surface area (Å²) in [6.45, 7) is 6.60. The van der Waals surface area contributed by atoms with Crippen molar-refractivity contribution in [3.05, 3.63) is 29.8 Å². The molecule has 1 aromatic rings. The fraction of sp³-hybridized carbons (Fsp3) is 0.533. The van der Waals surface area contributed by atoms with Crippen LogP contribution in [-0.4, -0.2) is 38.3 Å². The number of carbonyl (C=O) groups excluding carboxylic acids is 1. The summed E-state index contributed by atoms with van der Waals surface area (Å²) in [6, 6.07) is 6.47. The summed E-state index contributed by atoms with van der Waals surface area (Å²) in [4.78, 5) is 16.1. The summed E-state index contributed by atoms with van der Waals surface area (Å²) in [6.07, 6.45) is 0.549. The molecule has 0 heterocycles. The fourth-order valence-corrected chi connectivity index (χ4v) is 2.60. The third kappa shape index (κ3) is 5.28. The second kappa shape index (κ2) is 7.87. The van der Waals surface area contributed by atoms with Gasteiger partial charge in [-0.3, -0.25) is 9.63 Å². The van der Waals surface area contributed by atoms with Crippen molar-refractivity contribution in [2.24, 2.45) is 0 Å². The van der Waals surface area contributed by atoms with Crippen LogP contribution in [0.4, 0.5) is 5.69 Å². The molecule has 2 N–H and O–H groups in total. The third-order valence-corrected chi connectivity index (χ3v) is 5.13. The molecule has 0 fully saturated rings. The number of nitrogens with one attached hydrogen (secondary N) is 1. The van der Waals surface area contributed by atoms with E-state index >= 15 is 0 Å². The summed E-state index contributed by atoms with van der Waals surface area (Å²) < 4.78 is 26.0. The highest BCUT2D eigenvalue weighted by atomic mass is 32.2. The van der Waals surface area contributed by atoms with E-state index in [2.05, 4.69) is 4.72 Å². The zero-order chi connectivity index (χ0) is 17.7. The van der Waals surface area contributed by atoms with Crippen LogP contribution < -0.4 is 9.79 Å². The van der Waals surface area contributed by atoms with Crippen molar-refractivity contribution in [1.29, 1.82) is 0 Å². The number of hydrogen-bond acceptors (Lipinski definition) is 5. The molecule has 0 radical (unpaired) electrons. The maximum absolute atomic E-state index is 11.8. The summed E-state index contributed by atoms with van der Waals surface area (Å²) >= 11 is 0. The smallest absolute Gasteiger partial charge is 0.238 e. The van der Waals surface area contributed by atoms with Gasteiger partial charge in [0.1, 0.15) is 5.60 Å². The quantitative estimate of drug-likeness (QED) is 0.517. The van der Waals surface area contributed by atoms with Crippen LogP contribution in [0, 0.1) is 0 Å². The maximum Gasteiger partial charge on any atom is 0.238 e. The Kier molecular flexibility index (Phi) is 6.69. The number of aliphatic hydroxyl groups is 1. The summed E-state index contributed by atoms with van der Waals surface area (Å²) in [5, 5.41) is 11.0. The van der Waals surface area contributed by atoms with E-state index in [-0.39, 0.29) is 6.54 Å². The number of rotatable bonds is 9. The van der Waals surface area contributed by atoms with Gasteiger partial charge in [-0.05, 0) is 45.4 Å². The molecule has 0 saturated heterocycles. The molecule has 0 saturated carbocycles. The molecule has 0 spiro atoms. The standard InChI is InChI=1S/C15H24N2O5S/c1-5-22-17(11-18)14-8-6-13(7-9-14)15(4,19)10-16-23(20,21)12(2)3/h6-9,11-12,16,19H,5,10H2,1-4H3. The highest BCUT2D eigenvalue weighted by molar-refractivity contribution is 7.90. The van der Waals surface area contributed by atoms with Crippen LogP contribution in [0.15, 0.2) is 24.3 Å². The average molecular weight is 344 g/mol. The molecule has 0 aliphatic rings. The first-order chi connectivity index (χ1) is 10.6. The normalized spacial score (nSPS) is 14.5. The van der Waals surface area contributed by atoms with Gasteiger partial charge in [-0.2, -0.15) is 5.06 Å². The van der Waals surface area contributed by atoms with Crippen molar-refractivity contribution in [3.63, 3.8) is 0 Å². The molecular formula is C15H24N2O5S. The van der Waals surface area contributed by atoms with Gasteiger partial charge in [0.25, 0.3) is 0 Å². The predicted molar refractivity (Wildman–Crippen MR) is 88.2 cm³/mol. The van der Waals surface area contributed by atoms with Gasteiger partial charge in [0, 0.05) is 6.54 Å². The molecule has 7 nitrogen and oxygen atoms in total. The SMILES string of the molecule is CCON(C=O)c1ccc(C(C)(O)CNS(=O)(=O)C(C)C)cc1. The Morgan fingerprint density at radius 1 is 1.35 bits per heavy atom. The van der Waals surface area contributed by atoms with Crippen molar-refractivity contribution in [2.75, 3.05) is 18.2 Å². The minimum absolute atomic E-state index is 0.143. The topological polar surface area (TPSA) is 95.9 Å². The number of hydroxylamine groups is 1. The number of nitrogens with zero attached hydrogens (tertiary/aromatic N) is 1. The molecule has 0 aromatic heterocycles. The fourth-order valence-electron chi connectivity index (χ4n) is 1.78. The Balaban J connectivity index is 2.87. The average Bonchev–Trinajstić information content (AvgIpc) is 2.51. The van der Waals surface area contributed by atoms with Crippen molar-refractivity contribution < 1.29 is 23.2 Å². The number of benzene rings is 1. The van der Waals surface area contributed by atoms with Gasteiger partial charge in [-0.25, -0.2) is 13.1 Å². The van der Waals surface area contributed by atoms with E-state index in [1.807, 2.05) is 0 Å². The lowest BCUT2D eigenvalue weighted by Gasteiger charge is -2.25. The van der Waals surface area contributed by atoms with Gasteiger partial charge in [0.05, 0.1) is 17.5 Å². The Bertz CT molecular complexity index is 611. The Labute approximate surface area is 137 Å². The van der Waals surface area contributed by atoms with Gasteiger partial charge in [-0.1, -0.05) is 12.1 Å². The van der Waals surface area contributed by atoms with Gasteiger partial charge < -0.3 is 5.11 Å². The van der Waals surface area contributed by atoms with E-state index in [9.17, 15) is 18.3 Å². The molecule has 1 rings (SSSR count). The van der Waals surface area contributed by atoms with Crippen molar-refractivity contribution in [1.82, 2.24) is 4.72 Å². The molecule has 1 amide bonds. The van der Waals surface area contributed by atoms with Gasteiger partial charge >= 0.3 is 0 Å². The predicted octanol–water partition coefficient (Wildman–Crippen LogP) is 1.14. The molecular weight excluding hydrogens is 320 g/mol. The van der Waals surface area contributed by atoms with Crippen LogP contribution in [0.5, 0.6) is 0 Å². The number of hydrogen-bond donors (Lipinski definition) is 2. The zero-order valence-electron chi connectivity index (χ0n) is 13.8. The molecule has 1 atom stereocenters. The van der Waals surface area contributed by atoms with Crippen LogP contribution in [0.1, 0.15) is 33.3 Å². The van der Waals surface area contributed by atoms with E-state index < -0.39 is 20.9 Å². The Hall–Kier alpha value is -1.48. The minimum atomic E-state index is -3.46. The largest absolute Gasteiger partial charge is 0.384 e. The van der Waals surface area contributed by atoms with E-state index in [1.54, 1.807) is 45.0 Å². The first kappa shape index (κ1) is 19.6. The molecule has 23 heavy (non-hydrogen) atoms. The monoisotopic (exact) mass is 344 g/mol. The van der Waals surface area contributed by atoms with Crippen LogP contribution in [-0.2, 0) is 25.3 Å². The number of amides is 1. The third-order valence-electron chi connectivity index (χ3n) is 3.35. The van der Waals surface area contributed by atoms with Crippen molar-refractivity contribution in [3.8, 4) is 0 Å². The highest BCUT2D eigenvalue weighted by Crippen LogP contribution is 2.23. The maximum atomic E-state index is 11.8. The summed E-state index contributed by atoms with van der Waals surface area (Å²) in [7, 11) is -3.46. The van der Waals surface area contributed by atoms with E-state index in [1.165, 1.54) is 6.92 Å². The van der Waals surface area contributed by atoms with Crippen molar-refractivity contribution >= 4 is 22.1 Å². The van der Waals surface area contributed by atoms with E-state index in [4.69, 9.17) is 4.84 Å². The molecule has 8 heteroatoms. The van der Waals surface area contributed by atoms with Crippen LogP contribution in [0.25, 0.3) is 0 Å². The van der Waals surface area contributed by atoms with Gasteiger partial charge in [0.2, 0.25) is 16.4 Å². The second-order valence-electron chi connectivity index (χ2n) is 5.58. The summed E-state index contributed by atoms with van der Waals surface area (Å²) in [5.74, 6) is 0. The van der Waals surface area contributed by atoms with E-state index in [0.717, 1.165) is 5.06 Å². The lowest BCUT2D eigenvalue weighted by molar-refractivity contribution is -0.113. The van der Waals surface area contributed by atoms with Gasteiger partial charge in [-0.15, -0.1) is 0 Å². The number of sulfonamides is 1. The molecule has 0 aliphatic heterocycles. The van der Waals surface area contributed by atoms with Crippen LogP contribution in [0.2, 0.25) is 0 Å². The number of carbonyl (C=O) groups is 1. The molecule has 130 valence electrons. The lowest BCUT2D eigenvalue weighted by atomic mass is 9.96. The second-order valence-corrected chi connectivity index (χ2v) is 7.91. The lowest BCUT2D eigenvalue weighted by Crippen LogP contribution is -2.41. The first-order valence-corrected chi connectivity index (χ1v) is 8.87. The van der Waals surface area contributed by atoms with Crippen LogP contribution >= 0.6 is 0 Å². The first-order valence-electron chi connectivity index (χ1n) is 7.33. The van der Waals surface area contributed by atoms with Crippen molar-refractivity contribution in [2.45, 2.75) is 38.5 Å². The summed E-state index contributed by atoms with van der Waals surface area (Å²) in [5.41, 5.74) is -0.336. The van der Waals surface area contributed by atoms with Gasteiger partial charge in [0.15, 0.2) is 0 Å². The molecule has 0 bridgehead atoms. The van der Waals surface area contributed by atoms with E-state index in [0.29, 0.717) is 24.3 Å². The Morgan fingerprint density at radius 2 is 1.91 bits per heavy atom. The molecule has 1 unspecified atom stereocenters. The molecule has 0 aliphatic carbocycles. The molecule has 1 aromatic carbocycles. The number of anilines is 1. The Morgan fingerprint density at radius 3 is 2.35 bits per heavy atom.